The van der Waals surface area contributed by atoms with Crippen molar-refractivity contribution in [1.82, 2.24) is 10.3 Å². The van der Waals surface area contributed by atoms with Crippen molar-refractivity contribution in [3.05, 3.63) is 65.7 Å². The minimum Gasteiger partial charge on any atom is -0.469 e. The van der Waals surface area contributed by atoms with Crippen LogP contribution in [0.15, 0.2) is 53.1 Å². The number of pyridine rings is 1. The molecular formula is C19H20N2O2. The van der Waals surface area contributed by atoms with Crippen LogP contribution in [0.4, 0.5) is 0 Å². The summed E-state index contributed by atoms with van der Waals surface area (Å²) in [6.45, 7) is 3.92. The summed E-state index contributed by atoms with van der Waals surface area (Å²) in [6.07, 6.45) is 3.32. The first-order valence-electron chi connectivity index (χ1n) is 7.83. The van der Waals surface area contributed by atoms with Gasteiger partial charge in [0.1, 0.15) is 5.76 Å². The summed E-state index contributed by atoms with van der Waals surface area (Å²) >= 11 is 0. The van der Waals surface area contributed by atoms with Crippen LogP contribution in [0.25, 0.3) is 10.9 Å². The zero-order valence-corrected chi connectivity index (χ0v) is 13.4. The number of fused-ring (bicyclic) bond motifs is 1. The molecule has 0 fully saturated rings. The van der Waals surface area contributed by atoms with Crippen LogP contribution in [0.1, 0.15) is 35.2 Å². The van der Waals surface area contributed by atoms with E-state index >= 15 is 0 Å². The van der Waals surface area contributed by atoms with Gasteiger partial charge in [-0.15, -0.1) is 0 Å². The number of carbonyl (C=O) groups is 1. The number of para-hydroxylation sites is 1. The van der Waals surface area contributed by atoms with E-state index in [1.807, 2.05) is 56.3 Å². The van der Waals surface area contributed by atoms with Crippen LogP contribution in [0.3, 0.4) is 0 Å². The summed E-state index contributed by atoms with van der Waals surface area (Å²) in [5.74, 6) is 0.884. The normalized spacial score (nSPS) is 12.3. The van der Waals surface area contributed by atoms with Gasteiger partial charge < -0.3 is 9.73 Å². The second kappa shape index (κ2) is 6.65. The monoisotopic (exact) mass is 308 g/mol. The number of carbonyl (C=O) groups excluding carboxylic acids is 1. The second-order valence-electron chi connectivity index (χ2n) is 5.82. The molecule has 0 bridgehead atoms. The number of nitrogens with zero attached hydrogens (tertiary/aromatic N) is 1. The quantitative estimate of drug-likeness (QED) is 0.778. The Morgan fingerprint density at radius 3 is 2.87 bits per heavy atom. The highest BCUT2D eigenvalue weighted by atomic mass is 16.3. The van der Waals surface area contributed by atoms with Crippen molar-refractivity contribution in [3.63, 3.8) is 0 Å². The number of benzene rings is 1. The van der Waals surface area contributed by atoms with E-state index in [-0.39, 0.29) is 11.9 Å². The van der Waals surface area contributed by atoms with Crippen molar-refractivity contribution in [2.24, 2.45) is 0 Å². The number of aryl methyl sites for hydroxylation is 2. The van der Waals surface area contributed by atoms with Gasteiger partial charge in [0.2, 0.25) is 0 Å². The molecule has 0 radical (unpaired) electrons. The van der Waals surface area contributed by atoms with Crippen molar-refractivity contribution in [2.45, 2.75) is 32.7 Å². The van der Waals surface area contributed by atoms with Crippen LogP contribution in [0.2, 0.25) is 0 Å². The molecule has 1 atom stereocenters. The fraction of sp³-hybridized carbons (Fsp3) is 0.263. The number of furan rings is 1. The van der Waals surface area contributed by atoms with Gasteiger partial charge >= 0.3 is 0 Å². The van der Waals surface area contributed by atoms with Crippen molar-refractivity contribution < 1.29 is 9.21 Å². The highest BCUT2D eigenvalue weighted by Crippen LogP contribution is 2.18. The molecule has 1 unspecified atom stereocenters. The molecule has 0 saturated carbocycles. The van der Waals surface area contributed by atoms with Gasteiger partial charge in [0.05, 0.1) is 17.3 Å². The molecule has 118 valence electrons. The molecule has 1 N–H and O–H groups in total. The molecule has 0 aliphatic carbocycles. The maximum Gasteiger partial charge on any atom is 0.252 e. The van der Waals surface area contributed by atoms with Crippen molar-refractivity contribution >= 4 is 16.8 Å². The largest absolute Gasteiger partial charge is 0.469 e. The van der Waals surface area contributed by atoms with Crippen molar-refractivity contribution in [2.75, 3.05) is 0 Å². The van der Waals surface area contributed by atoms with Crippen LogP contribution in [-0.2, 0) is 6.42 Å². The summed E-state index contributed by atoms with van der Waals surface area (Å²) in [6, 6.07) is 13.5. The average Bonchev–Trinajstić information content (AvgIpc) is 3.05. The summed E-state index contributed by atoms with van der Waals surface area (Å²) < 4.78 is 5.33. The second-order valence-corrected chi connectivity index (χ2v) is 5.82. The molecule has 0 aliphatic rings. The molecule has 0 spiro atoms. The Bertz CT molecular complexity index is 809. The maximum atomic E-state index is 12.6. The molecule has 2 aromatic heterocycles. The molecule has 2 heterocycles. The Kier molecular flexibility index (Phi) is 4.42. The first-order chi connectivity index (χ1) is 11.1. The Morgan fingerprint density at radius 1 is 1.26 bits per heavy atom. The topological polar surface area (TPSA) is 55.1 Å². The minimum absolute atomic E-state index is 0.0568. The fourth-order valence-electron chi connectivity index (χ4n) is 2.68. The van der Waals surface area contributed by atoms with Gasteiger partial charge in [-0.25, -0.2) is 0 Å². The lowest BCUT2D eigenvalue weighted by molar-refractivity contribution is 0.0939. The van der Waals surface area contributed by atoms with Crippen molar-refractivity contribution in [1.29, 1.82) is 0 Å². The summed E-state index contributed by atoms with van der Waals surface area (Å²) in [4.78, 5) is 17.1. The highest BCUT2D eigenvalue weighted by molar-refractivity contribution is 6.06. The lowest BCUT2D eigenvalue weighted by Gasteiger charge is -2.14. The smallest absolute Gasteiger partial charge is 0.252 e. The van der Waals surface area contributed by atoms with Gasteiger partial charge in [0.15, 0.2) is 0 Å². The Balaban J connectivity index is 1.73. The van der Waals surface area contributed by atoms with Crippen LogP contribution in [-0.4, -0.2) is 16.9 Å². The lowest BCUT2D eigenvalue weighted by atomic mass is 10.1. The van der Waals surface area contributed by atoms with E-state index in [0.717, 1.165) is 35.2 Å². The Labute approximate surface area is 135 Å². The maximum absolute atomic E-state index is 12.6. The standard InChI is InChI=1S/C19H20N2O2/c1-13(9-10-15-6-5-11-23-15)21-19(22)17-12-14(2)20-18-8-4-3-7-16(17)18/h3-8,11-13H,9-10H2,1-2H3,(H,21,22). The van der Waals surface area contributed by atoms with Crippen LogP contribution >= 0.6 is 0 Å². The third kappa shape index (κ3) is 3.59. The van der Waals surface area contributed by atoms with E-state index in [1.54, 1.807) is 6.26 Å². The number of hydrogen-bond acceptors (Lipinski definition) is 3. The van der Waals surface area contributed by atoms with Crippen molar-refractivity contribution in [3.8, 4) is 0 Å². The highest BCUT2D eigenvalue weighted by Gasteiger charge is 2.14. The summed E-state index contributed by atoms with van der Waals surface area (Å²) in [7, 11) is 0. The van der Waals surface area contributed by atoms with Gasteiger partial charge in [-0.1, -0.05) is 18.2 Å². The zero-order valence-electron chi connectivity index (χ0n) is 13.4. The molecule has 0 saturated heterocycles. The fourth-order valence-corrected chi connectivity index (χ4v) is 2.68. The van der Waals surface area contributed by atoms with Gasteiger partial charge in [-0.2, -0.15) is 0 Å². The van der Waals surface area contributed by atoms with E-state index < -0.39 is 0 Å². The molecule has 1 amide bonds. The van der Waals surface area contributed by atoms with E-state index in [9.17, 15) is 4.79 Å². The SMILES string of the molecule is Cc1cc(C(=O)NC(C)CCc2ccco2)c2ccccc2n1. The molecule has 23 heavy (non-hydrogen) atoms. The molecule has 1 aromatic carbocycles. The van der Waals surface area contributed by atoms with E-state index in [2.05, 4.69) is 10.3 Å². The Hall–Kier alpha value is -2.62. The summed E-state index contributed by atoms with van der Waals surface area (Å²) in [5, 5.41) is 3.95. The third-order valence-corrected chi connectivity index (χ3v) is 3.87. The van der Waals surface area contributed by atoms with Gasteiger partial charge in [-0.05, 0) is 44.5 Å². The predicted octanol–water partition coefficient (Wildman–Crippen LogP) is 3.89. The van der Waals surface area contributed by atoms with E-state index in [4.69, 9.17) is 4.42 Å². The molecule has 3 rings (SSSR count). The van der Waals surface area contributed by atoms with Crippen LogP contribution in [0.5, 0.6) is 0 Å². The van der Waals surface area contributed by atoms with Crippen LogP contribution in [0, 0.1) is 6.92 Å². The molecule has 3 aromatic rings. The van der Waals surface area contributed by atoms with E-state index in [0.29, 0.717) is 5.56 Å². The minimum atomic E-state index is -0.0568. The van der Waals surface area contributed by atoms with E-state index in [1.165, 1.54) is 0 Å². The molecule has 4 heteroatoms. The first kappa shape index (κ1) is 15.3. The predicted molar refractivity (Wildman–Crippen MR) is 90.4 cm³/mol. The number of amides is 1. The first-order valence-corrected chi connectivity index (χ1v) is 7.83. The Morgan fingerprint density at radius 2 is 2.09 bits per heavy atom. The van der Waals surface area contributed by atoms with Gasteiger partial charge in [0.25, 0.3) is 5.91 Å². The number of hydrogen-bond donors (Lipinski definition) is 1. The molecular weight excluding hydrogens is 288 g/mol. The molecule has 4 nitrogen and oxygen atoms in total. The summed E-state index contributed by atoms with van der Waals surface area (Å²) in [5.41, 5.74) is 2.37. The molecule has 0 aliphatic heterocycles. The zero-order chi connectivity index (χ0) is 16.2. The number of rotatable bonds is 5. The van der Waals surface area contributed by atoms with Crippen LogP contribution < -0.4 is 5.32 Å². The number of nitrogens with one attached hydrogen (secondary N) is 1. The third-order valence-electron chi connectivity index (χ3n) is 3.87. The average molecular weight is 308 g/mol. The van der Waals surface area contributed by atoms with Gasteiger partial charge in [-0.3, -0.25) is 9.78 Å². The van der Waals surface area contributed by atoms with Gasteiger partial charge in [0, 0.05) is 23.5 Å². The number of aromatic nitrogens is 1. The lowest BCUT2D eigenvalue weighted by Crippen LogP contribution is -2.33.